The first kappa shape index (κ1) is 53.5. The van der Waals surface area contributed by atoms with Crippen molar-refractivity contribution >= 4 is 130 Å². The molecule has 0 saturated carbocycles. The van der Waals surface area contributed by atoms with Crippen LogP contribution in [0, 0.1) is 27.8 Å². The molecule has 6 aromatic rings. The van der Waals surface area contributed by atoms with Crippen LogP contribution in [0.2, 0.25) is 10.0 Å². The Balaban J connectivity index is 0.000000240. The molecule has 23 heteroatoms. The molecule has 0 bridgehead atoms. The van der Waals surface area contributed by atoms with Gasteiger partial charge in [0.1, 0.15) is 28.5 Å². The van der Waals surface area contributed by atoms with E-state index >= 15 is 0 Å². The molecule has 6 heterocycles. The molecular formula is C44H49Cl2IN14O4S2. The second kappa shape index (κ2) is 23.1. The number of aromatic nitrogens is 8. The van der Waals surface area contributed by atoms with E-state index in [0.29, 0.717) is 54.8 Å². The van der Waals surface area contributed by atoms with Crippen LogP contribution in [-0.2, 0) is 23.7 Å². The Morgan fingerprint density at radius 1 is 0.761 bits per heavy atom. The van der Waals surface area contributed by atoms with Crippen molar-refractivity contribution in [2.24, 2.45) is 25.6 Å². The molecule has 0 unspecified atom stereocenters. The molecule has 6 N–H and O–H groups in total. The van der Waals surface area contributed by atoms with E-state index in [1.165, 1.54) is 12.2 Å². The molecule has 2 atom stereocenters. The highest BCUT2D eigenvalue weighted by molar-refractivity contribution is 14.1. The molecule has 2 aliphatic rings. The summed E-state index contributed by atoms with van der Waals surface area (Å²) in [6.07, 6.45) is 12.8. The van der Waals surface area contributed by atoms with Gasteiger partial charge in [-0.15, -0.1) is 6.42 Å². The van der Waals surface area contributed by atoms with Gasteiger partial charge in [0, 0.05) is 63.5 Å². The van der Waals surface area contributed by atoms with Gasteiger partial charge in [-0.1, -0.05) is 42.3 Å². The zero-order valence-corrected chi connectivity index (χ0v) is 42.6. The minimum absolute atomic E-state index is 0. The molecule has 2 fully saturated rings. The van der Waals surface area contributed by atoms with Gasteiger partial charge in [0.2, 0.25) is 11.8 Å². The number of nitrogens with zero attached hydrogens (tertiary/aromatic N) is 10. The third kappa shape index (κ3) is 11.4. The Labute approximate surface area is 424 Å². The van der Waals surface area contributed by atoms with Crippen LogP contribution >= 0.6 is 72.8 Å². The number of aryl methyl sites for hydroxylation is 2. The molecule has 4 aromatic heterocycles. The summed E-state index contributed by atoms with van der Waals surface area (Å²) in [5.41, 5.74) is 16.2. The summed E-state index contributed by atoms with van der Waals surface area (Å²) >= 11 is 14.6. The number of halogens is 3. The molecule has 2 saturated heterocycles. The molecule has 352 valence electrons. The third-order valence-electron chi connectivity index (χ3n) is 10.8. The number of imidazole rings is 2. The summed E-state index contributed by atoms with van der Waals surface area (Å²) in [5.74, 6) is 7.73. The predicted octanol–water partition coefficient (Wildman–Crippen LogP) is 4.94. The van der Waals surface area contributed by atoms with E-state index in [1.807, 2.05) is 35.4 Å². The van der Waals surface area contributed by atoms with Crippen molar-refractivity contribution < 1.29 is 19.2 Å². The first-order valence-corrected chi connectivity index (χ1v) is 21.8. The molecule has 67 heavy (non-hydrogen) atoms. The Morgan fingerprint density at radius 2 is 1.21 bits per heavy atom. The van der Waals surface area contributed by atoms with E-state index in [-0.39, 0.29) is 73.4 Å². The summed E-state index contributed by atoms with van der Waals surface area (Å²) in [5, 5.41) is 16.0. The van der Waals surface area contributed by atoms with Gasteiger partial charge in [0.25, 0.3) is 11.8 Å². The fourth-order valence-corrected chi connectivity index (χ4v) is 8.38. The summed E-state index contributed by atoms with van der Waals surface area (Å²) < 4.78 is 8.19. The highest BCUT2D eigenvalue weighted by Crippen LogP contribution is 2.31. The van der Waals surface area contributed by atoms with Gasteiger partial charge in [-0.25, -0.2) is 19.3 Å². The molecule has 18 nitrogen and oxygen atoms in total. The summed E-state index contributed by atoms with van der Waals surface area (Å²) in [6.45, 7) is 9.14. The summed E-state index contributed by atoms with van der Waals surface area (Å²) in [4.78, 5) is 59.3. The number of carbonyl (C=O) groups excluding carboxylic acids is 4. The van der Waals surface area contributed by atoms with Crippen molar-refractivity contribution in [3.63, 3.8) is 0 Å². The lowest BCUT2D eigenvalue weighted by Crippen LogP contribution is -2.27. The number of carbonyl (C=O) groups is 4. The van der Waals surface area contributed by atoms with Gasteiger partial charge >= 0.3 is 0 Å². The van der Waals surface area contributed by atoms with Gasteiger partial charge in [-0.2, -0.15) is 37.2 Å². The van der Waals surface area contributed by atoms with Crippen LogP contribution in [0.15, 0.2) is 62.2 Å². The second-order valence-electron chi connectivity index (χ2n) is 14.8. The Bertz CT molecular complexity index is 3000. The molecule has 0 aliphatic carbocycles. The number of nitrogens with one attached hydrogen (secondary N) is 2. The number of anilines is 2. The minimum Gasteiger partial charge on any atom is -0.373 e. The van der Waals surface area contributed by atoms with Gasteiger partial charge in [0.05, 0.1) is 56.9 Å². The third-order valence-corrected chi connectivity index (χ3v) is 12.6. The molecule has 4 amide bonds. The quantitative estimate of drug-likeness (QED) is 0.0913. The van der Waals surface area contributed by atoms with E-state index < -0.39 is 11.8 Å². The van der Waals surface area contributed by atoms with Crippen molar-refractivity contribution in [1.29, 1.82) is 0 Å². The number of amides is 4. The first-order valence-electron chi connectivity index (χ1n) is 19.9. The van der Waals surface area contributed by atoms with Crippen LogP contribution in [0.4, 0.5) is 11.6 Å². The number of rotatable bonds is 8. The summed E-state index contributed by atoms with van der Waals surface area (Å²) in [6, 6.07) is 7.33. The van der Waals surface area contributed by atoms with Crippen LogP contribution in [-0.4, -0.2) is 112 Å². The first-order chi connectivity index (χ1) is 31.0. The van der Waals surface area contributed by atoms with Crippen molar-refractivity contribution in [2.45, 2.75) is 24.9 Å². The molecule has 8 rings (SSSR count). The maximum atomic E-state index is 12.2. The Hall–Kier alpha value is -6.11. The maximum Gasteiger partial charge on any atom is 0.255 e. The van der Waals surface area contributed by atoms with Crippen LogP contribution in [0.5, 0.6) is 0 Å². The molecule has 0 radical (unpaired) electrons. The Kier molecular flexibility index (Phi) is 18.4. The average molecular weight is 1100 g/mol. The van der Waals surface area contributed by atoms with Crippen LogP contribution in [0.25, 0.3) is 22.1 Å². The monoisotopic (exact) mass is 1100 g/mol. The van der Waals surface area contributed by atoms with Gasteiger partial charge < -0.3 is 41.0 Å². The zero-order valence-electron chi connectivity index (χ0n) is 36.9. The van der Waals surface area contributed by atoms with E-state index in [2.05, 4.69) is 84.3 Å². The maximum absolute atomic E-state index is 12.2. The normalized spacial score (nSPS) is 14.8. The standard InChI is InChI=1S/C22H22ClN7O2.C14H17N5O2.C8H6ClIN2.2H2S/c1-4-19(31)29-8-7-14(11-29)30-22(25-2)20(21(24)32)16(27-30)6-5-13-9-17-18(10-15(13)23)28(3)12-26-17;1-4-10-12(13(15)21)14(16-3)19(17-10)9-6-7-18(8-9)11(20)5-2;1-12-4-11-7-3-6(10)5(9)2-8(7)12;;/h4,9-10,12,14,25H,1,7-8,11H2,2-3H3,(H2,24,32);1,5,9,16H,2,6-8H2,3H3,(H2,15,21);2-4H,1H3;2*1H2/t14-;9-;;;/m00.../s1. The number of hydrogen-bond donors (Lipinski definition) is 4. The molecule has 2 aromatic carbocycles. The lowest BCUT2D eigenvalue weighted by atomic mass is 10.1. The van der Waals surface area contributed by atoms with Gasteiger partial charge in [-0.05, 0) is 83.7 Å². The van der Waals surface area contributed by atoms with E-state index in [1.54, 1.807) is 58.0 Å². The summed E-state index contributed by atoms with van der Waals surface area (Å²) in [7, 11) is 7.19. The average Bonchev–Trinajstić information content (AvgIpc) is 4.16. The minimum atomic E-state index is -0.645. The number of fused-ring (bicyclic) bond motifs is 2. The fourth-order valence-electron chi connectivity index (χ4n) is 7.57. The number of benzene rings is 2. The number of nitrogens with two attached hydrogens (primary N) is 2. The van der Waals surface area contributed by atoms with Crippen molar-refractivity contribution in [3.05, 3.63) is 104 Å². The molecular weight excluding hydrogens is 1050 g/mol. The van der Waals surface area contributed by atoms with Crippen molar-refractivity contribution in [1.82, 2.24) is 48.5 Å². The topological polar surface area (TPSA) is 222 Å². The number of likely N-dealkylation sites (tertiary alicyclic amines) is 2. The lowest BCUT2D eigenvalue weighted by Gasteiger charge is -2.16. The van der Waals surface area contributed by atoms with Crippen molar-refractivity contribution in [3.8, 4) is 24.2 Å². The van der Waals surface area contributed by atoms with Crippen LogP contribution in [0.1, 0.15) is 62.6 Å². The predicted molar refractivity (Wildman–Crippen MR) is 280 cm³/mol. The zero-order chi connectivity index (χ0) is 47.3. The van der Waals surface area contributed by atoms with E-state index in [4.69, 9.17) is 41.1 Å². The number of primary amides is 2. The molecule has 0 spiro atoms. The van der Waals surface area contributed by atoms with E-state index in [9.17, 15) is 19.2 Å². The number of hydrogen-bond acceptors (Lipinski definition) is 10. The second-order valence-corrected chi connectivity index (χ2v) is 16.8. The largest absolute Gasteiger partial charge is 0.373 e. The Morgan fingerprint density at radius 3 is 1.66 bits per heavy atom. The smallest absolute Gasteiger partial charge is 0.255 e. The molecule has 2 aliphatic heterocycles. The van der Waals surface area contributed by atoms with Crippen LogP contribution < -0.4 is 22.1 Å². The van der Waals surface area contributed by atoms with Gasteiger partial charge in [-0.3, -0.25) is 19.2 Å². The number of terminal acetylenes is 1. The SMILES string of the molecule is C#Cc1nn([C@H]2CCN(C(=O)C=C)C2)c(NC)c1C(N)=O.C=CC(=O)N1CC[C@H](n2nc(C#Cc3cc4ncn(C)c4cc3Cl)c(C(N)=O)c2NC)C1.Cn1cnc2cc(I)c(Cl)cc21.S.S. The van der Waals surface area contributed by atoms with Crippen molar-refractivity contribution in [2.75, 3.05) is 50.9 Å². The highest BCUT2D eigenvalue weighted by atomic mass is 127. The fraction of sp³-hybridized carbons (Fsp3) is 0.273. The van der Waals surface area contributed by atoms with Crippen LogP contribution in [0.3, 0.4) is 0 Å². The lowest BCUT2D eigenvalue weighted by molar-refractivity contribution is -0.125. The van der Waals surface area contributed by atoms with Gasteiger partial charge in [0.15, 0.2) is 5.69 Å². The highest BCUT2D eigenvalue weighted by Gasteiger charge is 2.33. The van der Waals surface area contributed by atoms with E-state index in [0.717, 1.165) is 37.1 Å².